The third kappa shape index (κ3) is 5.11. The van der Waals surface area contributed by atoms with Crippen LogP contribution >= 0.6 is 0 Å². The van der Waals surface area contributed by atoms with Crippen LogP contribution in [0.5, 0.6) is 0 Å². The molecule has 6 heteroatoms. The third-order valence-electron chi connectivity index (χ3n) is 3.81. The first-order valence-electron chi connectivity index (χ1n) is 8.40. The molecule has 0 unspecified atom stereocenters. The number of anilines is 2. The Labute approximate surface area is 148 Å². The van der Waals surface area contributed by atoms with Gasteiger partial charge in [-0.25, -0.2) is 9.97 Å². The van der Waals surface area contributed by atoms with E-state index in [1.165, 1.54) is 6.92 Å². The Morgan fingerprint density at radius 3 is 2.44 bits per heavy atom. The summed E-state index contributed by atoms with van der Waals surface area (Å²) < 4.78 is 0. The largest absolute Gasteiger partial charge is 0.340 e. The Bertz CT molecular complexity index is 757. The van der Waals surface area contributed by atoms with Crippen molar-refractivity contribution in [2.45, 2.75) is 33.6 Å². The van der Waals surface area contributed by atoms with E-state index in [2.05, 4.69) is 22.2 Å². The first-order valence-corrected chi connectivity index (χ1v) is 8.40. The monoisotopic (exact) mass is 340 g/mol. The summed E-state index contributed by atoms with van der Waals surface area (Å²) in [6.07, 6.45) is 1.99. The molecular weight excluding hydrogens is 316 g/mol. The lowest BCUT2D eigenvalue weighted by Crippen LogP contribution is -2.28. The second kappa shape index (κ2) is 8.37. The number of benzene rings is 1. The molecule has 0 aliphatic rings. The van der Waals surface area contributed by atoms with Crippen LogP contribution < -0.4 is 5.32 Å². The highest BCUT2D eigenvalue weighted by molar-refractivity contribution is 5.94. The zero-order chi connectivity index (χ0) is 18.4. The van der Waals surface area contributed by atoms with Crippen molar-refractivity contribution in [1.29, 1.82) is 0 Å². The minimum Gasteiger partial charge on any atom is -0.340 e. The number of aryl methyl sites for hydroxylation is 1. The molecule has 1 aromatic carbocycles. The molecular formula is C19H24N4O2. The van der Waals surface area contributed by atoms with E-state index in [-0.39, 0.29) is 11.7 Å². The molecule has 0 radical (unpaired) electrons. The van der Waals surface area contributed by atoms with Crippen molar-refractivity contribution in [3.63, 3.8) is 0 Å². The fourth-order valence-electron chi connectivity index (χ4n) is 2.34. The van der Waals surface area contributed by atoms with E-state index in [4.69, 9.17) is 0 Å². The smallest absolute Gasteiger partial charge is 0.272 e. The van der Waals surface area contributed by atoms with Crippen LogP contribution in [0.2, 0.25) is 0 Å². The molecule has 0 saturated heterocycles. The van der Waals surface area contributed by atoms with Gasteiger partial charge in [0.15, 0.2) is 5.78 Å². The predicted octanol–water partition coefficient (Wildman–Crippen LogP) is 3.60. The Morgan fingerprint density at radius 1 is 1.16 bits per heavy atom. The second-order valence-electron chi connectivity index (χ2n) is 6.06. The first kappa shape index (κ1) is 18.6. The van der Waals surface area contributed by atoms with E-state index in [0.29, 0.717) is 29.4 Å². The lowest BCUT2D eigenvalue weighted by molar-refractivity contribution is 0.0787. The van der Waals surface area contributed by atoms with E-state index < -0.39 is 0 Å². The van der Waals surface area contributed by atoms with E-state index in [9.17, 15) is 9.59 Å². The van der Waals surface area contributed by atoms with Gasteiger partial charge in [0.25, 0.3) is 5.91 Å². The normalized spacial score (nSPS) is 10.4. The van der Waals surface area contributed by atoms with Gasteiger partial charge in [-0.2, -0.15) is 0 Å². The van der Waals surface area contributed by atoms with Gasteiger partial charge in [0, 0.05) is 30.5 Å². The standard InChI is InChI=1S/C19H24N4O2/c1-5-6-11-23(4)18(25)17-12-13(2)20-19(22-17)21-16-9-7-15(8-10-16)14(3)24/h7-10,12H,5-6,11H2,1-4H3,(H,20,21,22). The van der Waals surface area contributed by atoms with Crippen LogP contribution in [-0.2, 0) is 0 Å². The number of Topliss-reactive ketones (excluding diaryl/α,β-unsaturated/α-hetero) is 1. The summed E-state index contributed by atoms with van der Waals surface area (Å²) in [5, 5.41) is 3.08. The molecule has 2 aromatic rings. The Kier molecular flexibility index (Phi) is 6.22. The lowest BCUT2D eigenvalue weighted by atomic mass is 10.1. The molecule has 0 atom stereocenters. The van der Waals surface area contributed by atoms with Crippen molar-refractivity contribution in [3.8, 4) is 0 Å². The van der Waals surface area contributed by atoms with E-state index in [1.807, 2.05) is 6.92 Å². The molecule has 0 bridgehead atoms. The number of amides is 1. The van der Waals surface area contributed by atoms with Gasteiger partial charge in [-0.15, -0.1) is 0 Å². The Hall–Kier alpha value is -2.76. The summed E-state index contributed by atoms with van der Waals surface area (Å²) in [5.41, 5.74) is 2.48. The number of nitrogens with one attached hydrogen (secondary N) is 1. The highest BCUT2D eigenvalue weighted by atomic mass is 16.2. The average molecular weight is 340 g/mol. The van der Waals surface area contributed by atoms with Gasteiger partial charge in [0.2, 0.25) is 5.95 Å². The molecule has 1 amide bonds. The minimum atomic E-state index is -0.117. The first-order chi connectivity index (χ1) is 11.9. The van der Waals surface area contributed by atoms with Gasteiger partial charge in [-0.3, -0.25) is 9.59 Å². The lowest BCUT2D eigenvalue weighted by Gasteiger charge is -2.17. The number of unbranched alkanes of at least 4 members (excludes halogenated alkanes) is 1. The van der Waals surface area contributed by atoms with Crippen molar-refractivity contribution < 1.29 is 9.59 Å². The van der Waals surface area contributed by atoms with Gasteiger partial charge in [0.1, 0.15) is 5.69 Å². The quantitative estimate of drug-likeness (QED) is 0.779. The molecule has 0 aliphatic carbocycles. The highest BCUT2D eigenvalue weighted by Crippen LogP contribution is 2.16. The molecule has 25 heavy (non-hydrogen) atoms. The van der Waals surface area contributed by atoms with E-state index >= 15 is 0 Å². The van der Waals surface area contributed by atoms with Crippen LogP contribution in [-0.4, -0.2) is 40.2 Å². The van der Waals surface area contributed by atoms with Crippen molar-refractivity contribution in [2.24, 2.45) is 0 Å². The average Bonchev–Trinajstić information content (AvgIpc) is 2.59. The van der Waals surface area contributed by atoms with Gasteiger partial charge >= 0.3 is 0 Å². The van der Waals surface area contributed by atoms with Gasteiger partial charge in [-0.1, -0.05) is 13.3 Å². The topological polar surface area (TPSA) is 75.2 Å². The molecule has 2 rings (SSSR count). The molecule has 0 aliphatic heterocycles. The van der Waals surface area contributed by atoms with Crippen LogP contribution in [0.25, 0.3) is 0 Å². The Balaban J connectivity index is 2.18. The molecule has 1 N–H and O–H groups in total. The SMILES string of the molecule is CCCCN(C)C(=O)c1cc(C)nc(Nc2ccc(C(C)=O)cc2)n1. The molecule has 0 fully saturated rings. The number of hydrogen-bond donors (Lipinski definition) is 1. The summed E-state index contributed by atoms with van der Waals surface area (Å²) in [4.78, 5) is 34.2. The van der Waals surface area contributed by atoms with Gasteiger partial charge < -0.3 is 10.2 Å². The van der Waals surface area contributed by atoms with E-state index in [1.54, 1.807) is 42.3 Å². The van der Waals surface area contributed by atoms with Crippen LogP contribution in [0, 0.1) is 6.92 Å². The van der Waals surface area contributed by atoms with Crippen molar-refractivity contribution >= 4 is 23.3 Å². The molecule has 0 spiro atoms. The van der Waals surface area contributed by atoms with Crippen LogP contribution in [0.15, 0.2) is 30.3 Å². The zero-order valence-corrected chi connectivity index (χ0v) is 15.2. The maximum atomic E-state index is 12.5. The molecule has 6 nitrogen and oxygen atoms in total. The second-order valence-corrected chi connectivity index (χ2v) is 6.06. The molecule has 132 valence electrons. The number of rotatable bonds is 7. The summed E-state index contributed by atoms with van der Waals surface area (Å²) in [6, 6.07) is 8.75. The highest BCUT2D eigenvalue weighted by Gasteiger charge is 2.15. The number of aromatic nitrogens is 2. The summed E-state index contributed by atoms with van der Waals surface area (Å²) in [5.74, 6) is 0.262. The predicted molar refractivity (Wildman–Crippen MR) is 98.4 cm³/mol. The van der Waals surface area contributed by atoms with Crippen LogP contribution in [0.1, 0.15) is 53.2 Å². The maximum absolute atomic E-state index is 12.5. The zero-order valence-electron chi connectivity index (χ0n) is 15.2. The number of ketones is 1. The van der Waals surface area contributed by atoms with Gasteiger partial charge in [0.05, 0.1) is 0 Å². The van der Waals surface area contributed by atoms with Crippen molar-refractivity contribution in [2.75, 3.05) is 18.9 Å². The summed E-state index contributed by atoms with van der Waals surface area (Å²) in [7, 11) is 1.78. The van der Waals surface area contributed by atoms with E-state index in [0.717, 1.165) is 18.5 Å². The fourth-order valence-corrected chi connectivity index (χ4v) is 2.34. The summed E-state index contributed by atoms with van der Waals surface area (Å²) in [6.45, 7) is 6.15. The van der Waals surface area contributed by atoms with Crippen molar-refractivity contribution in [1.82, 2.24) is 14.9 Å². The van der Waals surface area contributed by atoms with Crippen LogP contribution in [0.3, 0.4) is 0 Å². The Morgan fingerprint density at radius 2 is 1.84 bits per heavy atom. The minimum absolute atomic E-state index is 0.0151. The fraction of sp³-hybridized carbons (Fsp3) is 0.368. The molecule has 1 aromatic heterocycles. The van der Waals surface area contributed by atoms with Crippen molar-refractivity contribution in [3.05, 3.63) is 47.3 Å². The number of carbonyl (C=O) groups is 2. The number of hydrogen-bond acceptors (Lipinski definition) is 5. The third-order valence-corrected chi connectivity index (χ3v) is 3.81. The molecule has 1 heterocycles. The number of nitrogens with zero attached hydrogens (tertiary/aromatic N) is 3. The van der Waals surface area contributed by atoms with Crippen LogP contribution in [0.4, 0.5) is 11.6 Å². The number of carbonyl (C=O) groups excluding carboxylic acids is 2. The maximum Gasteiger partial charge on any atom is 0.272 e. The van der Waals surface area contributed by atoms with Gasteiger partial charge in [-0.05, 0) is 50.6 Å². The molecule has 0 saturated carbocycles. The summed E-state index contributed by atoms with van der Waals surface area (Å²) >= 11 is 0.